The summed E-state index contributed by atoms with van der Waals surface area (Å²) in [5.41, 5.74) is -0.353. The summed E-state index contributed by atoms with van der Waals surface area (Å²) in [6.45, 7) is 1.49. The number of halogens is 3. The van der Waals surface area contributed by atoms with Crippen molar-refractivity contribution >= 4 is 17.6 Å². The van der Waals surface area contributed by atoms with Gasteiger partial charge in [0.25, 0.3) is 5.56 Å². The molecule has 0 atom stereocenters. The minimum absolute atomic E-state index is 0.00249. The standard InChI is InChI=1S/C20H16F3N3O4/c1-10-5-12(30-2)3-4-16(10)24-20-25-18(27)13(19(28)29)9-26(20)8-11-6-14(21)17(23)15(22)7-11/h3-7,9H,8H2,1-2H3,(H,28,29)(H,24,25,27). The molecule has 0 unspecified atom stereocenters. The molecule has 0 aliphatic carbocycles. The van der Waals surface area contributed by atoms with Crippen LogP contribution in [0.4, 0.5) is 24.8 Å². The Hall–Kier alpha value is -3.82. The van der Waals surface area contributed by atoms with E-state index in [-0.39, 0.29) is 18.1 Å². The van der Waals surface area contributed by atoms with Crippen molar-refractivity contribution in [3.05, 3.63) is 81.0 Å². The fourth-order valence-corrected chi connectivity index (χ4v) is 2.78. The molecule has 0 aliphatic rings. The lowest BCUT2D eigenvalue weighted by atomic mass is 10.2. The van der Waals surface area contributed by atoms with Crippen LogP contribution in [0.15, 0.2) is 41.3 Å². The largest absolute Gasteiger partial charge is 0.497 e. The Labute approximate surface area is 168 Å². The number of rotatable bonds is 6. The molecule has 1 aromatic heterocycles. The fourth-order valence-electron chi connectivity index (χ4n) is 2.78. The molecule has 10 heteroatoms. The third kappa shape index (κ3) is 4.27. The Morgan fingerprint density at radius 2 is 1.87 bits per heavy atom. The van der Waals surface area contributed by atoms with Crippen LogP contribution >= 0.6 is 0 Å². The van der Waals surface area contributed by atoms with Gasteiger partial charge in [-0.05, 0) is 48.4 Å². The average molecular weight is 419 g/mol. The maximum Gasteiger partial charge on any atom is 0.342 e. The summed E-state index contributed by atoms with van der Waals surface area (Å²) in [7, 11) is 1.51. The third-order valence-corrected chi connectivity index (χ3v) is 4.30. The predicted molar refractivity (Wildman–Crippen MR) is 102 cm³/mol. The zero-order chi connectivity index (χ0) is 22.0. The van der Waals surface area contributed by atoms with Crippen LogP contribution in [0.3, 0.4) is 0 Å². The lowest BCUT2D eigenvalue weighted by Gasteiger charge is -2.16. The summed E-state index contributed by atoms with van der Waals surface area (Å²) in [5, 5.41) is 12.1. The van der Waals surface area contributed by atoms with Gasteiger partial charge in [0, 0.05) is 11.9 Å². The first-order valence-corrected chi connectivity index (χ1v) is 8.59. The van der Waals surface area contributed by atoms with Crippen molar-refractivity contribution in [2.45, 2.75) is 13.5 Å². The van der Waals surface area contributed by atoms with Crippen molar-refractivity contribution in [2.75, 3.05) is 12.4 Å². The monoisotopic (exact) mass is 419 g/mol. The molecule has 1 heterocycles. The molecule has 7 nitrogen and oxygen atoms in total. The number of nitrogens with one attached hydrogen (secondary N) is 1. The molecule has 3 aromatic rings. The Bertz CT molecular complexity index is 1170. The van der Waals surface area contributed by atoms with Crippen LogP contribution in [0.25, 0.3) is 0 Å². The van der Waals surface area contributed by atoms with Gasteiger partial charge in [0.1, 0.15) is 11.3 Å². The van der Waals surface area contributed by atoms with Crippen molar-refractivity contribution in [3.8, 4) is 5.75 Å². The molecule has 2 N–H and O–H groups in total. The van der Waals surface area contributed by atoms with Crippen molar-refractivity contribution in [1.29, 1.82) is 0 Å². The summed E-state index contributed by atoms with van der Waals surface area (Å²) in [5.74, 6) is -5.37. The molecule has 3 rings (SSSR count). The first-order valence-electron chi connectivity index (χ1n) is 8.59. The number of aromatic carboxylic acids is 1. The van der Waals surface area contributed by atoms with Crippen molar-refractivity contribution in [3.63, 3.8) is 0 Å². The van der Waals surface area contributed by atoms with E-state index in [0.29, 0.717) is 11.4 Å². The minimum atomic E-state index is -1.62. The molecule has 0 spiro atoms. The molecule has 0 radical (unpaired) electrons. The van der Waals surface area contributed by atoms with Gasteiger partial charge in [0.15, 0.2) is 17.5 Å². The van der Waals surface area contributed by atoms with Crippen LogP contribution in [-0.4, -0.2) is 27.7 Å². The first kappa shape index (κ1) is 20.9. The molecule has 0 fully saturated rings. The van der Waals surface area contributed by atoms with E-state index in [1.807, 2.05) is 0 Å². The van der Waals surface area contributed by atoms with Crippen molar-refractivity contribution in [1.82, 2.24) is 9.55 Å². The maximum atomic E-state index is 13.6. The molecular weight excluding hydrogens is 403 g/mol. The molecule has 0 aliphatic heterocycles. The number of ether oxygens (including phenoxy) is 1. The number of anilines is 2. The second kappa shape index (κ2) is 8.27. The molecule has 30 heavy (non-hydrogen) atoms. The number of carboxylic acid groups (broad SMARTS) is 1. The summed E-state index contributed by atoms with van der Waals surface area (Å²) in [4.78, 5) is 27.2. The number of methoxy groups -OCH3 is 1. The SMILES string of the molecule is COc1ccc(Nc2nc(=O)c(C(=O)O)cn2Cc2cc(F)c(F)c(F)c2)c(C)c1. The maximum absolute atomic E-state index is 13.6. The Morgan fingerprint density at radius 3 is 2.43 bits per heavy atom. The predicted octanol–water partition coefficient (Wildman–Crippen LogP) is 3.47. The Morgan fingerprint density at radius 1 is 1.20 bits per heavy atom. The van der Waals surface area contributed by atoms with Crippen molar-refractivity contribution in [2.24, 2.45) is 0 Å². The van der Waals surface area contributed by atoms with Gasteiger partial charge in [-0.1, -0.05) is 0 Å². The highest BCUT2D eigenvalue weighted by Gasteiger charge is 2.17. The van der Waals surface area contributed by atoms with Gasteiger partial charge in [-0.3, -0.25) is 4.79 Å². The average Bonchev–Trinajstić information content (AvgIpc) is 2.69. The van der Waals surface area contributed by atoms with Gasteiger partial charge in [-0.15, -0.1) is 0 Å². The molecule has 0 saturated heterocycles. The van der Waals surface area contributed by atoms with Crippen LogP contribution in [-0.2, 0) is 6.54 Å². The van der Waals surface area contributed by atoms with Gasteiger partial charge in [0.2, 0.25) is 5.95 Å². The first-order chi connectivity index (χ1) is 14.2. The number of carbonyl (C=O) groups is 1. The molecule has 0 amide bonds. The number of nitrogens with zero attached hydrogens (tertiary/aromatic N) is 2. The van der Waals surface area contributed by atoms with E-state index in [1.54, 1.807) is 25.1 Å². The van der Waals surface area contributed by atoms with Crippen LogP contribution < -0.4 is 15.6 Å². The number of benzene rings is 2. The van der Waals surface area contributed by atoms with E-state index in [0.717, 1.165) is 23.9 Å². The minimum Gasteiger partial charge on any atom is -0.497 e. The van der Waals surface area contributed by atoms with Gasteiger partial charge in [-0.25, -0.2) is 18.0 Å². The van der Waals surface area contributed by atoms with E-state index in [4.69, 9.17) is 4.74 Å². The number of hydrogen-bond acceptors (Lipinski definition) is 5. The molecule has 156 valence electrons. The summed E-state index contributed by atoms with van der Waals surface area (Å²) in [6.07, 6.45) is 0.998. The highest BCUT2D eigenvalue weighted by molar-refractivity contribution is 5.86. The number of hydrogen-bond donors (Lipinski definition) is 2. The topological polar surface area (TPSA) is 93.4 Å². The normalized spacial score (nSPS) is 10.7. The van der Waals surface area contributed by atoms with E-state index >= 15 is 0 Å². The smallest absolute Gasteiger partial charge is 0.342 e. The Balaban J connectivity index is 2.07. The summed E-state index contributed by atoms with van der Waals surface area (Å²) < 4.78 is 46.7. The number of aryl methyl sites for hydroxylation is 1. The van der Waals surface area contributed by atoms with Crippen molar-refractivity contribution < 1.29 is 27.8 Å². The molecule has 0 saturated carbocycles. The van der Waals surface area contributed by atoms with Crippen LogP contribution in [0, 0.1) is 24.4 Å². The zero-order valence-electron chi connectivity index (χ0n) is 15.9. The van der Waals surface area contributed by atoms with E-state index in [1.165, 1.54) is 11.7 Å². The van der Waals surface area contributed by atoms with Crippen LogP contribution in [0.1, 0.15) is 21.5 Å². The quantitative estimate of drug-likeness (QED) is 0.595. The zero-order valence-corrected chi connectivity index (χ0v) is 15.9. The van der Waals surface area contributed by atoms with Crippen LogP contribution in [0.2, 0.25) is 0 Å². The number of carboxylic acids is 1. The van der Waals surface area contributed by atoms with Gasteiger partial charge in [0.05, 0.1) is 13.7 Å². The Kier molecular flexibility index (Phi) is 5.77. The lowest BCUT2D eigenvalue weighted by molar-refractivity contribution is 0.0694. The van der Waals surface area contributed by atoms with E-state index in [9.17, 15) is 27.9 Å². The summed E-state index contributed by atoms with van der Waals surface area (Å²) >= 11 is 0. The summed E-state index contributed by atoms with van der Waals surface area (Å²) in [6, 6.07) is 6.60. The lowest BCUT2D eigenvalue weighted by Crippen LogP contribution is -2.24. The molecular formula is C20H16F3N3O4. The third-order valence-electron chi connectivity index (χ3n) is 4.30. The van der Waals surface area contributed by atoms with Gasteiger partial charge >= 0.3 is 5.97 Å². The van der Waals surface area contributed by atoms with E-state index < -0.39 is 34.5 Å². The highest BCUT2D eigenvalue weighted by atomic mass is 19.2. The highest BCUT2D eigenvalue weighted by Crippen LogP contribution is 2.24. The second-order valence-electron chi connectivity index (χ2n) is 6.40. The van der Waals surface area contributed by atoms with Gasteiger partial charge < -0.3 is 19.7 Å². The fraction of sp³-hybridized carbons (Fsp3) is 0.150. The molecule has 0 bridgehead atoms. The number of aromatic nitrogens is 2. The molecule has 2 aromatic carbocycles. The van der Waals surface area contributed by atoms with Gasteiger partial charge in [-0.2, -0.15) is 4.98 Å². The van der Waals surface area contributed by atoms with E-state index in [2.05, 4.69) is 10.3 Å². The second-order valence-corrected chi connectivity index (χ2v) is 6.40. The van der Waals surface area contributed by atoms with Crippen LogP contribution in [0.5, 0.6) is 5.75 Å².